The zero-order chi connectivity index (χ0) is 23.0. The Bertz CT molecular complexity index is 1330. The molecule has 0 aliphatic carbocycles. The van der Waals surface area contributed by atoms with Gasteiger partial charge in [-0.05, 0) is 44.4 Å². The third-order valence-corrected chi connectivity index (χ3v) is 5.24. The average Bonchev–Trinajstić information content (AvgIpc) is 3.23. The summed E-state index contributed by atoms with van der Waals surface area (Å²) in [6.45, 7) is 5.88. The summed E-state index contributed by atoms with van der Waals surface area (Å²) in [7, 11) is 0. The number of nitro groups is 1. The van der Waals surface area contributed by atoms with Crippen LogP contribution in [0.25, 0.3) is 16.7 Å². The Morgan fingerprint density at radius 3 is 2.78 bits per heavy atom. The zero-order valence-corrected chi connectivity index (χ0v) is 18.3. The lowest BCUT2D eigenvalue weighted by Gasteiger charge is -2.06. The van der Waals surface area contributed by atoms with Crippen LogP contribution in [-0.2, 0) is 6.54 Å². The van der Waals surface area contributed by atoms with E-state index in [0.717, 1.165) is 17.1 Å². The van der Waals surface area contributed by atoms with Crippen LogP contribution < -0.4 is 4.74 Å². The lowest BCUT2D eigenvalue weighted by molar-refractivity contribution is -0.386. The van der Waals surface area contributed by atoms with Crippen molar-refractivity contribution in [2.45, 2.75) is 33.7 Å². The summed E-state index contributed by atoms with van der Waals surface area (Å²) >= 11 is 5.91. The van der Waals surface area contributed by atoms with Crippen molar-refractivity contribution < 1.29 is 14.1 Å². The number of fused-ring (bicyclic) bond motifs is 1. The number of nitrogens with zero attached hydrogens (tertiary/aromatic N) is 7. The van der Waals surface area contributed by atoms with E-state index >= 15 is 0 Å². The third-order valence-electron chi connectivity index (χ3n) is 5.06. The average molecular weight is 460 g/mol. The molecular formula is C20H19ClFN7O3. The fourth-order valence-corrected chi connectivity index (χ4v) is 3.64. The van der Waals surface area contributed by atoms with E-state index in [1.807, 2.05) is 17.7 Å². The molecule has 0 saturated heterocycles. The molecule has 0 N–H and O–H groups in total. The highest BCUT2D eigenvalue weighted by atomic mass is 35.5. The number of rotatable bonds is 7. The van der Waals surface area contributed by atoms with Gasteiger partial charge in [-0.25, -0.2) is 14.1 Å². The van der Waals surface area contributed by atoms with Gasteiger partial charge in [0.05, 0.1) is 29.1 Å². The van der Waals surface area contributed by atoms with E-state index in [4.69, 9.17) is 16.3 Å². The predicted molar refractivity (Wildman–Crippen MR) is 115 cm³/mol. The monoisotopic (exact) mass is 459 g/mol. The predicted octanol–water partition coefficient (Wildman–Crippen LogP) is 4.11. The van der Waals surface area contributed by atoms with Crippen LogP contribution in [0.4, 0.5) is 10.1 Å². The van der Waals surface area contributed by atoms with Gasteiger partial charge in [0, 0.05) is 30.4 Å². The summed E-state index contributed by atoms with van der Waals surface area (Å²) < 4.78 is 22.6. The molecule has 0 amide bonds. The minimum absolute atomic E-state index is 0.130. The fraction of sp³-hybridized carbons (Fsp3) is 0.300. The van der Waals surface area contributed by atoms with Gasteiger partial charge in [0.15, 0.2) is 0 Å². The second-order valence-corrected chi connectivity index (χ2v) is 7.59. The SMILES string of the molecule is Cc1ncc(F)cc1-n1nc(OCCCn2cc(C)c3cnc(Cl)nc32)c([N+](=O)[O-])c1C. The van der Waals surface area contributed by atoms with Gasteiger partial charge >= 0.3 is 11.6 Å². The molecule has 4 rings (SSSR count). The number of halogens is 2. The molecule has 166 valence electrons. The molecule has 0 fully saturated rings. The van der Waals surface area contributed by atoms with Crippen molar-refractivity contribution in [3.8, 4) is 11.6 Å². The van der Waals surface area contributed by atoms with Gasteiger partial charge < -0.3 is 9.30 Å². The Hall–Kier alpha value is -3.60. The van der Waals surface area contributed by atoms with Crippen LogP contribution in [0.2, 0.25) is 5.28 Å². The molecule has 0 aliphatic heterocycles. The van der Waals surface area contributed by atoms with Gasteiger partial charge in [0.1, 0.15) is 17.2 Å². The van der Waals surface area contributed by atoms with Crippen molar-refractivity contribution in [2.75, 3.05) is 6.61 Å². The number of hydrogen-bond acceptors (Lipinski definition) is 7. The van der Waals surface area contributed by atoms with Crippen molar-refractivity contribution >= 4 is 28.3 Å². The van der Waals surface area contributed by atoms with Gasteiger partial charge in [-0.2, -0.15) is 4.98 Å². The molecule has 0 radical (unpaired) electrons. The number of aromatic nitrogens is 6. The summed E-state index contributed by atoms with van der Waals surface area (Å²) in [5, 5.41) is 16.9. The Morgan fingerprint density at radius 2 is 2.03 bits per heavy atom. The highest BCUT2D eigenvalue weighted by Gasteiger charge is 2.28. The van der Waals surface area contributed by atoms with Crippen molar-refractivity contribution in [3.05, 3.63) is 62.8 Å². The molecule has 0 atom stereocenters. The third kappa shape index (κ3) is 3.98. The molecular weight excluding hydrogens is 441 g/mol. The smallest absolute Gasteiger partial charge is 0.353 e. The van der Waals surface area contributed by atoms with Gasteiger partial charge in [0.2, 0.25) is 5.28 Å². The molecule has 4 heterocycles. The molecule has 0 spiro atoms. The summed E-state index contributed by atoms with van der Waals surface area (Å²) in [4.78, 5) is 23.3. The van der Waals surface area contributed by atoms with E-state index in [-0.39, 0.29) is 29.2 Å². The first-order chi connectivity index (χ1) is 15.3. The molecule has 0 unspecified atom stereocenters. The molecule has 0 aromatic carbocycles. The number of ether oxygens (including phenoxy) is 1. The first-order valence-electron chi connectivity index (χ1n) is 9.73. The lowest BCUT2D eigenvalue weighted by Crippen LogP contribution is -2.06. The van der Waals surface area contributed by atoms with Crippen LogP contribution in [0.5, 0.6) is 5.88 Å². The van der Waals surface area contributed by atoms with Crippen molar-refractivity contribution in [1.29, 1.82) is 0 Å². The Morgan fingerprint density at radius 1 is 1.25 bits per heavy atom. The highest BCUT2D eigenvalue weighted by molar-refractivity contribution is 6.28. The van der Waals surface area contributed by atoms with E-state index in [1.54, 1.807) is 13.1 Å². The normalized spacial score (nSPS) is 11.3. The molecule has 32 heavy (non-hydrogen) atoms. The van der Waals surface area contributed by atoms with Gasteiger partial charge in [-0.3, -0.25) is 15.1 Å². The molecule has 0 saturated carbocycles. The van der Waals surface area contributed by atoms with Gasteiger partial charge in [-0.1, -0.05) is 0 Å². The van der Waals surface area contributed by atoms with Crippen molar-refractivity contribution in [2.24, 2.45) is 0 Å². The summed E-state index contributed by atoms with van der Waals surface area (Å²) in [6, 6.07) is 1.22. The van der Waals surface area contributed by atoms with Crippen LogP contribution in [-0.4, -0.2) is 40.8 Å². The Labute approximate surface area is 186 Å². The van der Waals surface area contributed by atoms with E-state index in [9.17, 15) is 14.5 Å². The largest absolute Gasteiger partial charge is 0.472 e. The lowest BCUT2D eigenvalue weighted by atomic mass is 10.3. The molecule has 4 aromatic heterocycles. The number of hydrogen-bond donors (Lipinski definition) is 0. The maximum atomic E-state index is 13.7. The van der Waals surface area contributed by atoms with Crippen molar-refractivity contribution in [3.63, 3.8) is 0 Å². The van der Waals surface area contributed by atoms with E-state index in [0.29, 0.717) is 30.0 Å². The molecule has 0 bridgehead atoms. The quantitative estimate of drug-likeness (QED) is 0.177. The molecule has 4 aromatic rings. The van der Waals surface area contributed by atoms with Gasteiger partial charge in [0.25, 0.3) is 0 Å². The first-order valence-corrected chi connectivity index (χ1v) is 10.1. The molecule has 12 heteroatoms. The maximum Gasteiger partial charge on any atom is 0.353 e. The van der Waals surface area contributed by atoms with Crippen LogP contribution in [0.1, 0.15) is 23.4 Å². The maximum absolute atomic E-state index is 13.7. The van der Waals surface area contributed by atoms with Crippen LogP contribution in [0.15, 0.2) is 24.7 Å². The second kappa shape index (κ2) is 8.50. The summed E-state index contributed by atoms with van der Waals surface area (Å²) in [5.41, 5.74) is 2.47. The molecule has 10 nitrogen and oxygen atoms in total. The minimum Gasteiger partial charge on any atom is -0.472 e. The van der Waals surface area contributed by atoms with Crippen molar-refractivity contribution in [1.82, 2.24) is 29.3 Å². The summed E-state index contributed by atoms with van der Waals surface area (Å²) in [6.07, 6.45) is 5.23. The van der Waals surface area contributed by atoms with E-state index < -0.39 is 10.7 Å². The fourth-order valence-electron chi connectivity index (χ4n) is 3.51. The minimum atomic E-state index is -0.566. The number of pyridine rings is 1. The summed E-state index contributed by atoms with van der Waals surface area (Å²) in [5.74, 6) is -0.696. The molecule has 0 aliphatic rings. The highest BCUT2D eigenvalue weighted by Crippen LogP contribution is 2.32. The van der Waals surface area contributed by atoms with Crippen LogP contribution in [0, 0.1) is 36.7 Å². The topological polar surface area (TPSA) is 114 Å². The number of aryl methyl sites for hydroxylation is 3. The second-order valence-electron chi connectivity index (χ2n) is 7.25. The zero-order valence-electron chi connectivity index (χ0n) is 17.5. The van der Waals surface area contributed by atoms with Crippen LogP contribution in [0.3, 0.4) is 0 Å². The van der Waals surface area contributed by atoms with E-state index in [1.165, 1.54) is 17.7 Å². The standard InChI is InChI=1S/C20H19ClFN7O3/c1-11-10-27(18-15(11)9-24-20(21)25-18)5-4-6-32-19-17(29(30)31)13(3)28(26-19)16-7-14(22)8-23-12(16)2/h7-10H,4-6H2,1-3H3. The van der Waals surface area contributed by atoms with Gasteiger partial charge in [-0.15, -0.1) is 5.10 Å². The van der Waals surface area contributed by atoms with E-state index in [2.05, 4.69) is 20.1 Å². The van der Waals surface area contributed by atoms with Crippen LogP contribution >= 0.6 is 11.6 Å². The Kier molecular flexibility index (Phi) is 5.74. The first kappa shape index (κ1) is 21.6. The Balaban J connectivity index is 1.53.